The summed E-state index contributed by atoms with van der Waals surface area (Å²) in [7, 11) is 0. The molecule has 1 aliphatic heterocycles. The van der Waals surface area contributed by atoms with Crippen LogP contribution in [-0.2, 0) is 16.0 Å². The lowest BCUT2D eigenvalue weighted by Crippen LogP contribution is -2.34. The molecule has 1 aliphatic carbocycles. The monoisotopic (exact) mass is 382 g/mol. The third-order valence-corrected chi connectivity index (χ3v) is 7.01. The predicted octanol–water partition coefficient (Wildman–Crippen LogP) is 4.87. The average Bonchev–Trinajstić information content (AvgIpc) is 3.20. The third kappa shape index (κ3) is 2.25. The highest BCUT2D eigenvalue weighted by atomic mass is 35.5. The highest BCUT2D eigenvalue weighted by Gasteiger charge is 2.51. The van der Waals surface area contributed by atoms with Gasteiger partial charge in [0, 0.05) is 21.1 Å². The smallest absolute Gasteiger partial charge is 0.310 e. The van der Waals surface area contributed by atoms with Crippen LogP contribution in [0.4, 0.5) is 0 Å². The average molecular weight is 383 g/mol. The van der Waals surface area contributed by atoms with Crippen LogP contribution in [0.15, 0.2) is 48.5 Å². The summed E-state index contributed by atoms with van der Waals surface area (Å²) < 4.78 is 6.49. The van der Waals surface area contributed by atoms with Gasteiger partial charge in [0.25, 0.3) is 0 Å². The number of hydrogen-bond donors (Lipinski definition) is 0. The zero-order valence-electron chi connectivity index (χ0n) is 13.8. The van der Waals surface area contributed by atoms with Crippen LogP contribution in [0, 0.1) is 11.8 Å². The van der Waals surface area contributed by atoms with Crippen molar-refractivity contribution in [2.75, 3.05) is 6.61 Å². The summed E-state index contributed by atoms with van der Waals surface area (Å²) in [5.74, 6) is -1.26. The fourth-order valence-electron chi connectivity index (χ4n) is 4.32. The molecule has 2 aromatic carbocycles. The minimum atomic E-state index is -0.533. The summed E-state index contributed by atoms with van der Waals surface area (Å²) in [6.07, 6.45) is 0.789. The molecule has 0 bridgehead atoms. The second kappa shape index (κ2) is 5.93. The van der Waals surface area contributed by atoms with Crippen molar-refractivity contribution < 1.29 is 14.3 Å². The fourth-order valence-corrected chi connectivity index (χ4v) is 5.90. The minimum Gasteiger partial charge on any atom is -0.465 e. The van der Waals surface area contributed by atoms with Gasteiger partial charge in [0.1, 0.15) is 0 Å². The molecule has 3 nitrogen and oxygen atoms in total. The molecule has 5 heteroatoms. The van der Waals surface area contributed by atoms with E-state index < -0.39 is 11.8 Å². The van der Waals surface area contributed by atoms with Crippen LogP contribution in [-0.4, -0.2) is 18.4 Å². The Balaban J connectivity index is 1.74. The van der Waals surface area contributed by atoms with E-state index in [0.717, 1.165) is 22.1 Å². The van der Waals surface area contributed by atoms with Crippen LogP contribution in [0.3, 0.4) is 0 Å². The van der Waals surface area contributed by atoms with Crippen molar-refractivity contribution >= 4 is 44.8 Å². The highest BCUT2D eigenvalue weighted by molar-refractivity contribution is 7.19. The van der Waals surface area contributed by atoms with Crippen molar-refractivity contribution in [1.29, 1.82) is 0 Å². The van der Waals surface area contributed by atoms with Gasteiger partial charge in [0.2, 0.25) is 0 Å². The molecular weight excluding hydrogens is 368 g/mol. The normalized spacial score (nSPS) is 24.2. The maximum absolute atomic E-state index is 13.5. The first-order valence-corrected chi connectivity index (χ1v) is 9.80. The molecule has 1 fully saturated rings. The van der Waals surface area contributed by atoms with Gasteiger partial charge in [-0.2, -0.15) is 0 Å². The quantitative estimate of drug-likeness (QED) is 0.469. The summed E-state index contributed by atoms with van der Waals surface area (Å²) in [6.45, 7) is 0.392. The summed E-state index contributed by atoms with van der Waals surface area (Å²) in [6, 6.07) is 15.2. The molecule has 26 heavy (non-hydrogen) atoms. The number of fused-ring (bicyclic) bond motifs is 4. The van der Waals surface area contributed by atoms with E-state index in [1.807, 2.05) is 18.2 Å². The standard InChI is InChI=1S/C21H15ClO3S/c22-14-7-3-1-5-12(14)20(23)19-17-11(10-25-21(17)24)9-16-18(19)13-6-2-4-8-15(13)26-16/h1-8,11,17,19H,9-10H2/t11-,17-,19+/m1/s1. The number of thiophene rings is 1. The fraction of sp³-hybridized carbons (Fsp3) is 0.238. The zero-order valence-corrected chi connectivity index (χ0v) is 15.3. The maximum Gasteiger partial charge on any atom is 0.310 e. The van der Waals surface area contributed by atoms with Crippen LogP contribution in [0.2, 0.25) is 5.02 Å². The van der Waals surface area contributed by atoms with Crippen LogP contribution in [0.25, 0.3) is 10.1 Å². The van der Waals surface area contributed by atoms with Crippen molar-refractivity contribution in [2.45, 2.75) is 12.3 Å². The topological polar surface area (TPSA) is 43.4 Å². The first-order chi connectivity index (χ1) is 12.6. The maximum atomic E-state index is 13.5. The number of ketones is 1. The van der Waals surface area contributed by atoms with Crippen LogP contribution < -0.4 is 0 Å². The lowest BCUT2D eigenvalue weighted by atomic mass is 9.69. The largest absolute Gasteiger partial charge is 0.465 e. The Kier molecular flexibility index (Phi) is 3.66. The van der Waals surface area contributed by atoms with E-state index in [-0.39, 0.29) is 17.7 Å². The molecule has 0 amide bonds. The molecule has 0 N–H and O–H groups in total. The van der Waals surface area contributed by atoms with Gasteiger partial charge < -0.3 is 4.74 Å². The molecule has 1 saturated heterocycles. The van der Waals surface area contributed by atoms with Crippen LogP contribution >= 0.6 is 22.9 Å². The van der Waals surface area contributed by atoms with Gasteiger partial charge >= 0.3 is 5.97 Å². The summed E-state index contributed by atoms with van der Waals surface area (Å²) in [5.41, 5.74) is 1.47. The Labute approximate surface area is 159 Å². The molecule has 3 aromatic rings. The summed E-state index contributed by atoms with van der Waals surface area (Å²) in [4.78, 5) is 27.2. The van der Waals surface area contributed by atoms with Gasteiger partial charge in [0.05, 0.1) is 23.5 Å². The Morgan fingerprint density at radius 3 is 2.73 bits per heavy atom. The van der Waals surface area contributed by atoms with Crippen molar-refractivity contribution in [1.82, 2.24) is 0 Å². The SMILES string of the molecule is O=C1OC[C@H]2Cc3sc4ccccc4c3[C@@H](C(=O)c3ccccc3Cl)[C@H]12. The molecule has 5 rings (SSSR count). The zero-order chi connectivity index (χ0) is 17.8. The minimum absolute atomic E-state index is 0.0551. The second-order valence-electron chi connectivity index (χ2n) is 6.88. The van der Waals surface area contributed by atoms with E-state index in [9.17, 15) is 9.59 Å². The van der Waals surface area contributed by atoms with E-state index in [4.69, 9.17) is 16.3 Å². The van der Waals surface area contributed by atoms with E-state index in [0.29, 0.717) is 17.2 Å². The number of ether oxygens (including phenoxy) is 1. The van der Waals surface area contributed by atoms with Gasteiger partial charge in [-0.3, -0.25) is 9.59 Å². The Bertz CT molecular complexity index is 1050. The van der Waals surface area contributed by atoms with E-state index in [1.165, 1.54) is 4.88 Å². The number of halogens is 1. The van der Waals surface area contributed by atoms with E-state index in [2.05, 4.69) is 6.07 Å². The van der Waals surface area contributed by atoms with E-state index in [1.54, 1.807) is 35.6 Å². The lowest BCUT2D eigenvalue weighted by Gasteiger charge is -2.30. The van der Waals surface area contributed by atoms with Crippen LogP contribution in [0.5, 0.6) is 0 Å². The molecule has 0 saturated carbocycles. The summed E-state index contributed by atoms with van der Waals surface area (Å²) >= 11 is 8.02. The molecule has 2 aliphatic rings. The number of hydrogen-bond acceptors (Lipinski definition) is 4. The molecule has 0 unspecified atom stereocenters. The molecule has 3 atom stereocenters. The Hall–Kier alpha value is -2.17. The highest BCUT2D eigenvalue weighted by Crippen LogP contribution is 2.50. The Morgan fingerprint density at radius 1 is 1.12 bits per heavy atom. The molecule has 0 spiro atoms. The molecule has 130 valence electrons. The third-order valence-electron chi connectivity index (χ3n) is 5.47. The number of esters is 1. The van der Waals surface area contributed by atoms with Gasteiger partial charge in [0.15, 0.2) is 5.78 Å². The van der Waals surface area contributed by atoms with E-state index >= 15 is 0 Å². The first kappa shape index (κ1) is 16.0. The van der Waals surface area contributed by atoms with Gasteiger partial charge in [-0.1, -0.05) is 41.9 Å². The molecule has 1 aromatic heterocycles. The molecular formula is C21H15ClO3S. The number of Topliss-reactive ketones (excluding diaryl/α,β-unsaturated/α-hetero) is 1. The van der Waals surface area contributed by atoms with Crippen molar-refractivity contribution in [3.63, 3.8) is 0 Å². The predicted molar refractivity (Wildman–Crippen MR) is 102 cm³/mol. The summed E-state index contributed by atoms with van der Waals surface area (Å²) in [5, 5.41) is 1.49. The molecule has 2 heterocycles. The second-order valence-corrected chi connectivity index (χ2v) is 8.42. The van der Waals surface area contributed by atoms with Gasteiger partial charge in [-0.05, 0) is 35.6 Å². The number of benzene rings is 2. The lowest BCUT2D eigenvalue weighted by molar-refractivity contribution is -0.141. The van der Waals surface area contributed by atoms with Crippen molar-refractivity contribution in [3.05, 3.63) is 69.6 Å². The number of cyclic esters (lactones) is 1. The van der Waals surface area contributed by atoms with Crippen molar-refractivity contribution in [2.24, 2.45) is 11.8 Å². The Morgan fingerprint density at radius 2 is 1.88 bits per heavy atom. The number of carbonyl (C=O) groups excluding carboxylic acids is 2. The van der Waals surface area contributed by atoms with Gasteiger partial charge in [-0.25, -0.2) is 0 Å². The number of rotatable bonds is 2. The van der Waals surface area contributed by atoms with Crippen molar-refractivity contribution in [3.8, 4) is 0 Å². The first-order valence-electron chi connectivity index (χ1n) is 8.61. The molecule has 0 radical (unpaired) electrons. The van der Waals surface area contributed by atoms with Crippen LogP contribution in [0.1, 0.15) is 26.7 Å². The van der Waals surface area contributed by atoms with Gasteiger partial charge in [-0.15, -0.1) is 11.3 Å². The number of carbonyl (C=O) groups is 2.